The molecular weight excluding hydrogens is 329 g/mol. The van der Waals surface area contributed by atoms with Gasteiger partial charge >= 0.3 is 0 Å². The van der Waals surface area contributed by atoms with E-state index < -0.39 is 5.91 Å². The quantitative estimate of drug-likeness (QED) is 0.787. The molecule has 4 rings (SSSR count). The van der Waals surface area contributed by atoms with Crippen LogP contribution < -0.4 is 10.6 Å². The van der Waals surface area contributed by atoms with Crippen LogP contribution in [0, 0.1) is 5.82 Å². The molecule has 3 heterocycles. The molecule has 1 aliphatic rings. The van der Waals surface area contributed by atoms with E-state index in [9.17, 15) is 9.18 Å². The third kappa shape index (κ3) is 2.65. The maximum atomic E-state index is 13.0. The minimum Gasteiger partial charge on any atom is -0.364 e. The third-order valence-corrected chi connectivity index (χ3v) is 4.90. The van der Waals surface area contributed by atoms with Gasteiger partial charge in [-0.3, -0.25) is 9.48 Å². The molecule has 3 aromatic rings. The predicted octanol–water partition coefficient (Wildman–Crippen LogP) is 2.15. The summed E-state index contributed by atoms with van der Waals surface area (Å²) in [4.78, 5) is 17.5. The van der Waals surface area contributed by atoms with Gasteiger partial charge in [0.25, 0.3) is 5.91 Å². The monoisotopic (exact) mass is 343 g/mol. The molecule has 0 radical (unpaired) electrons. The van der Waals surface area contributed by atoms with E-state index in [0.29, 0.717) is 25.3 Å². The van der Waals surface area contributed by atoms with Gasteiger partial charge in [-0.05, 0) is 17.7 Å². The first kappa shape index (κ1) is 14.8. The molecule has 0 spiro atoms. The number of carbonyl (C=O) groups is 1. The number of nitrogens with two attached hydrogens (primary N) is 1. The largest absolute Gasteiger partial charge is 0.364 e. The van der Waals surface area contributed by atoms with Crippen molar-refractivity contribution < 1.29 is 9.18 Å². The summed E-state index contributed by atoms with van der Waals surface area (Å²) in [5.41, 5.74) is 8.78. The first-order valence-electron chi connectivity index (χ1n) is 7.38. The molecule has 0 saturated heterocycles. The summed E-state index contributed by atoms with van der Waals surface area (Å²) in [6.07, 6.45) is 1.85. The number of nitrogens with zero attached hydrogens (tertiary/aromatic N) is 4. The number of primary amides is 1. The zero-order valence-electron chi connectivity index (χ0n) is 12.6. The van der Waals surface area contributed by atoms with Gasteiger partial charge in [0.2, 0.25) is 0 Å². The average molecular weight is 343 g/mol. The van der Waals surface area contributed by atoms with E-state index in [2.05, 4.69) is 15.0 Å². The number of hydrogen-bond donors (Lipinski definition) is 1. The summed E-state index contributed by atoms with van der Waals surface area (Å²) < 4.78 is 14.9. The van der Waals surface area contributed by atoms with Crippen LogP contribution in [0.3, 0.4) is 0 Å². The fourth-order valence-corrected chi connectivity index (χ4v) is 3.58. The van der Waals surface area contributed by atoms with Crippen LogP contribution in [0.1, 0.15) is 27.3 Å². The van der Waals surface area contributed by atoms with Crippen LogP contribution in [0.2, 0.25) is 0 Å². The Morgan fingerprint density at radius 3 is 2.79 bits per heavy atom. The minimum atomic E-state index is -0.517. The van der Waals surface area contributed by atoms with E-state index >= 15 is 0 Å². The summed E-state index contributed by atoms with van der Waals surface area (Å²) in [5.74, 6) is -0.763. The molecule has 0 aliphatic carbocycles. The van der Waals surface area contributed by atoms with Gasteiger partial charge in [-0.1, -0.05) is 12.1 Å². The van der Waals surface area contributed by atoms with Crippen LogP contribution in [-0.2, 0) is 19.6 Å². The lowest BCUT2D eigenvalue weighted by atomic mass is 10.2. The van der Waals surface area contributed by atoms with Gasteiger partial charge < -0.3 is 10.6 Å². The van der Waals surface area contributed by atoms with Gasteiger partial charge in [0.1, 0.15) is 11.5 Å². The molecule has 122 valence electrons. The number of anilines is 1. The maximum Gasteiger partial charge on any atom is 0.268 e. The molecule has 0 bridgehead atoms. The van der Waals surface area contributed by atoms with Gasteiger partial charge in [0.15, 0.2) is 5.13 Å². The number of amides is 1. The van der Waals surface area contributed by atoms with E-state index in [-0.39, 0.29) is 5.82 Å². The molecule has 1 aromatic carbocycles. The molecule has 1 aliphatic heterocycles. The molecular formula is C16H14FN5OS. The smallest absolute Gasteiger partial charge is 0.268 e. The number of hydrogen-bond acceptors (Lipinski definition) is 5. The third-order valence-electron chi connectivity index (χ3n) is 4.00. The standard InChI is InChI=1S/C16H14FN5OS/c17-12-3-1-10(2-4-12)6-22-14-8-21(7-11(14)5-19-22)16-20-13(9-24-16)15(18)23/h1-5,9H,6-8H2,(H2,18,23). The van der Waals surface area contributed by atoms with Gasteiger partial charge in [0.05, 0.1) is 25.0 Å². The lowest BCUT2D eigenvalue weighted by Gasteiger charge is -2.14. The van der Waals surface area contributed by atoms with Crippen molar-refractivity contribution >= 4 is 22.4 Å². The Kier molecular flexibility index (Phi) is 3.53. The van der Waals surface area contributed by atoms with Crippen LogP contribution in [0.25, 0.3) is 0 Å². The molecule has 0 unspecified atom stereocenters. The van der Waals surface area contributed by atoms with E-state index in [0.717, 1.165) is 22.0 Å². The molecule has 2 N–H and O–H groups in total. The van der Waals surface area contributed by atoms with Crippen molar-refractivity contribution in [3.63, 3.8) is 0 Å². The van der Waals surface area contributed by atoms with E-state index in [4.69, 9.17) is 5.73 Å². The number of thiazole rings is 1. The van der Waals surface area contributed by atoms with Crippen LogP contribution in [0.15, 0.2) is 35.8 Å². The number of benzene rings is 1. The normalized spacial score (nSPS) is 13.3. The average Bonchev–Trinajstić information content (AvgIpc) is 3.25. The van der Waals surface area contributed by atoms with Crippen molar-refractivity contribution in [3.8, 4) is 0 Å². The Morgan fingerprint density at radius 1 is 1.29 bits per heavy atom. The van der Waals surface area contributed by atoms with Crippen molar-refractivity contribution in [2.24, 2.45) is 5.73 Å². The summed E-state index contributed by atoms with van der Waals surface area (Å²) >= 11 is 1.40. The van der Waals surface area contributed by atoms with Gasteiger partial charge in [-0.2, -0.15) is 5.10 Å². The maximum absolute atomic E-state index is 13.0. The summed E-state index contributed by atoms with van der Waals surface area (Å²) in [5, 5.41) is 6.87. The SMILES string of the molecule is NC(=O)c1csc(N2Cc3cnn(Cc4ccc(F)cc4)c3C2)n1. The molecule has 8 heteroatoms. The highest BCUT2D eigenvalue weighted by Crippen LogP contribution is 2.30. The van der Waals surface area contributed by atoms with Gasteiger partial charge in [0, 0.05) is 17.5 Å². The number of halogens is 1. The molecule has 1 amide bonds. The first-order valence-corrected chi connectivity index (χ1v) is 8.26. The Labute approximate surface area is 141 Å². The van der Waals surface area contributed by atoms with Crippen molar-refractivity contribution in [1.82, 2.24) is 14.8 Å². The van der Waals surface area contributed by atoms with E-state index in [1.807, 2.05) is 10.9 Å². The Balaban J connectivity index is 1.53. The van der Waals surface area contributed by atoms with Gasteiger partial charge in [-0.15, -0.1) is 11.3 Å². The summed E-state index contributed by atoms with van der Waals surface area (Å²) in [7, 11) is 0. The first-order chi connectivity index (χ1) is 11.6. The second-order valence-corrected chi connectivity index (χ2v) is 6.47. The van der Waals surface area contributed by atoms with Crippen molar-refractivity contribution in [2.45, 2.75) is 19.6 Å². The summed E-state index contributed by atoms with van der Waals surface area (Å²) in [6.45, 7) is 1.96. The highest BCUT2D eigenvalue weighted by atomic mass is 32.1. The lowest BCUT2D eigenvalue weighted by Crippen LogP contribution is -2.18. The second-order valence-electron chi connectivity index (χ2n) is 5.64. The zero-order chi connectivity index (χ0) is 16.7. The number of aromatic nitrogens is 3. The van der Waals surface area contributed by atoms with Crippen molar-refractivity contribution in [1.29, 1.82) is 0 Å². The molecule has 0 saturated carbocycles. The molecule has 0 atom stereocenters. The highest BCUT2D eigenvalue weighted by molar-refractivity contribution is 7.13. The molecule has 0 fully saturated rings. The fraction of sp³-hybridized carbons (Fsp3) is 0.188. The Hall–Kier alpha value is -2.74. The molecule has 24 heavy (non-hydrogen) atoms. The molecule has 6 nitrogen and oxygen atoms in total. The van der Waals surface area contributed by atoms with E-state index in [1.54, 1.807) is 17.5 Å². The van der Waals surface area contributed by atoms with Crippen molar-refractivity contribution in [2.75, 3.05) is 4.90 Å². The molecule has 2 aromatic heterocycles. The fourth-order valence-electron chi connectivity index (χ4n) is 2.76. The van der Waals surface area contributed by atoms with Crippen LogP contribution in [0.5, 0.6) is 0 Å². The van der Waals surface area contributed by atoms with Gasteiger partial charge in [-0.25, -0.2) is 9.37 Å². The Bertz CT molecular complexity index is 902. The van der Waals surface area contributed by atoms with Crippen LogP contribution in [-0.4, -0.2) is 20.7 Å². The highest BCUT2D eigenvalue weighted by Gasteiger charge is 2.26. The van der Waals surface area contributed by atoms with Crippen LogP contribution >= 0.6 is 11.3 Å². The predicted molar refractivity (Wildman–Crippen MR) is 88.2 cm³/mol. The zero-order valence-corrected chi connectivity index (χ0v) is 13.5. The Morgan fingerprint density at radius 2 is 2.08 bits per heavy atom. The number of fused-ring (bicyclic) bond motifs is 1. The summed E-state index contributed by atoms with van der Waals surface area (Å²) in [6, 6.07) is 6.42. The number of carbonyl (C=O) groups excluding carboxylic acids is 1. The minimum absolute atomic E-state index is 0.246. The van der Waals surface area contributed by atoms with Crippen molar-refractivity contribution in [3.05, 3.63) is 64.2 Å². The second kappa shape index (κ2) is 5.72. The lowest BCUT2D eigenvalue weighted by molar-refractivity contribution is 0.0996. The van der Waals surface area contributed by atoms with E-state index in [1.165, 1.54) is 23.5 Å². The number of rotatable bonds is 4. The van der Waals surface area contributed by atoms with Crippen LogP contribution in [0.4, 0.5) is 9.52 Å². The topological polar surface area (TPSA) is 77.0 Å².